The second kappa shape index (κ2) is 8.79. The van der Waals surface area contributed by atoms with Gasteiger partial charge in [0, 0.05) is 34.1 Å². The first kappa shape index (κ1) is 24.8. The van der Waals surface area contributed by atoms with Crippen LogP contribution in [0.1, 0.15) is 84.1 Å². The Kier molecular flexibility index (Phi) is 5.90. The topological polar surface area (TPSA) is 50.2 Å². The number of benzene rings is 1. The van der Waals surface area contributed by atoms with Gasteiger partial charge in [0.15, 0.2) is 5.78 Å². The van der Waals surface area contributed by atoms with Crippen LogP contribution in [0.15, 0.2) is 58.0 Å². The maximum absolute atomic E-state index is 12.3. The molecule has 0 amide bonds. The summed E-state index contributed by atoms with van der Waals surface area (Å²) in [6.07, 6.45) is 8.10. The van der Waals surface area contributed by atoms with E-state index >= 15 is 0 Å². The summed E-state index contributed by atoms with van der Waals surface area (Å²) < 4.78 is 0. The SMILES string of the molecule is CC(C)(C)C#C[C@]1(O)CC[C@H]2[C@@H]3CCC4=CC(=O)CCC4=C3[C@@H](c3ccc(-c4cscn4)cc3)C[C@@]21C. The second-order valence-electron chi connectivity index (χ2n) is 12.9. The van der Waals surface area contributed by atoms with Crippen molar-refractivity contribution in [2.75, 3.05) is 0 Å². The molecule has 3 nitrogen and oxygen atoms in total. The molecule has 2 saturated carbocycles. The summed E-state index contributed by atoms with van der Waals surface area (Å²) in [6, 6.07) is 8.94. The van der Waals surface area contributed by atoms with E-state index < -0.39 is 5.60 Å². The van der Waals surface area contributed by atoms with Crippen molar-refractivity contribution < 1.29 is 9.90 Å². The molecule has 6 rings (SSSR count). The van der Waals surface area contributed by atoms with Gasteiger partial charge in [-0.15, -0.1) is 11.3 Å². The van der Waals surface area contributed by atoms with Gasteiger partial charge in [-0.05, 0) is 93.9 Å². The van der Waals surface area contributed by atoms with Gasteiger partial charge in [0.1, 0.15) is 5.60 Å². The third kappa shape index (κ3) is 4.16. The molecule has 5 atom stereocenters. The largest absolute Gasteiger partial charge is 0.377 e. The lowest BCUT2D eigenvalue weighted by molar-refractivity contribution is -0.114. The molecule has 37 heavy (non-hydrogen) atoms. The van der Waals surface area contributed by atoms with Crippen LogP contribution < -0.4 is 0 Å². The van der Waals surface area contributed by atoms with Crippen molar-refractivity contribution in [1.82, 2.24) is 4.98 Å². The summed E-state index contributed by atoms with van der Waals surface area (Å²) in [5.74, 6) is 8.17. The number of nitrogens with zero attached hydrogens (tertiary/aromatic N) is 1. The van der Waals surface area contributed by atoms with E-state index in [0.717, 1.165) is 49.8 Å². The molecule has 0 radical (unpaired) electrons. The Hall–Kier alpha value is -2.48. The van der Waals surface area contributed by atoms with Crippen LogP contribution in [-0.2, 0) is 4.79 Å². The molecular formula is C33H37NO2S. The average molecular weight is 512 g/mol. The zero-order valence-electron chi connectivity index (χ0n) is 22.4. The smallest absolute Gasteiger partial charge is 0.156 e. The number of allylic oxidation sites excluding steroid dienone is 4. The Morgan fingerprint density at radius 3 is 2.59 bits per heavy atom. The highest BCUT2D eigenvalue weighted by molar-refractivity contribution is 7.07. The van der Waals surface area contributed by atoms with Crippen LogP contribution in [0.3, 0.4) is 0 Å². The van der Waals surface area contributed by atoms with E-state index in [9.17, 15) is 9.90 Å². The fourth-order valence-corrected chi connectivity index (χ4v) is 8.26. The first-order valence-corrected chi connectivity index (χ1v) is 14.7. The lowest BCUT2D eigenvalue weighted by atomic mass is 9.51. The summed E-state index contributed by atoms with van der Waals surface area (Å²) in [4.78, 5) is 16.8. The molecule has 0 spiro atoms. The van der Waals surface area contributed by atoms with E-state index in [0.29, 0.717) is 18.3 Å². The fourth-order valence-electron chi connectivity index (χ4n) is 7.70. The van der Waals surface area contributed by atoms with Gasteiger partial charge >= 0.3 is 0 Å². The lowest BCUT2D eigenvalue weighted by Gasteiger charge is -2.53. The minimum absolute atomic E-state index is 0.143. The van der Waals surface area contributed by atoms with Crippen LogP contribution in [0, 0.1) is 34.5 Å². The van der Waals surface area contributed by atoms with E-state index in [-0.39, 0.29) is 22.5 Å². The highest BCUT2D eigenvalue weighted by Crippen LogP contribution is 2.66. The van der Waals surface area contributed by atoms with Crippen molar-refractivity contribution in [3.8, 4) is 23.1 Å². The Bertz CT molecular complexity index is 1350. The zero-order chi connectivity index (χ0) is 26.0. The molecule has 192 valence electrons. The number of rotatable bonds is 2. The lowest BCUT2D eigenvalue weighted by Crippen LogP contribution is -2.51. The third-order valence-electron chi connectivity index (χ3n) is 9.57. The van der Waals surface area contributed by atoms with Gasteiger partial charge in [-0.3, -0.25) is 4.79 Å². The number of ketones is 1. The van der Waals surface area contributed by atoms with Crippen LogP contribution >= 0.6 is 11.3 Å². The predicted octanol–water partition coefficient (Wildman–Crippen LogP) is 7.49. The fraction of sp³-hybridized carbons (Fsp3) is 0.515. The van der Waals surface area contributed by atoms with Crippen LogP contribution in [0.2, 0.25) is 0 Å². The normalized spacial score (nSPS) is 33.2. The number of fused-ring (bicyclic) bond motifs is 4. The molecule has 4 aliphatic carbocycles. The van der Waals surface area contributed by atoms with Crippen molar-refractivity contribution in [1.29, 1.82) is 0 Å². The monoisotopic (exact) mass is 511 g/mol. The first-order valence-electron chi connectivity index (χ1n) is 13.8. The molecule has 4 heteroatoms. The van der Waals surface area contributed by atoms with E-state index in [1.54, 1.807) is 16.9 Å². The molecule has 1 aromatic heterocycles. The maximum Gasteiger partial charge on any atom is 0.156 e. The summed E-state index contributed by atoms with van der Waals surface area (Å²) in [5, 5.41) is 14.2. The molecule has 0 aliphatic heterocycles. The quantitative estimate of drug-likeness (QED) is 0.425. The zero-order valence-corrected chi connectivity index (χ0v) is 23.3. The highest BCUT2D eigenvalue weighted by atomic mass is 32.1. The standard InChI is InChI=1S/C33H37NO2S/c1-31(2,3)15-16-33(36)14-13-28-26-11-9-23-17-24(35)10-12-25(23)30(26)27(18-32(28,33)4)21-5-7-22(8-6-21)29-19-37-20-34-29/h5-8,17,19-20,26-28,36H,9-14,18H2,1-4H3/t26-,27+,28-,32-,33+/m0/s1. The first-order chi connectivity index (χ1) is 17.6. The minimum atomic E-state index is -0.974. The molecule has 0 saturated heterocycles. The number of aromatic nitrogens is 1. The van der Waals surface area contributed by atoms with Gasteiger partial charge < -0.3 is 5.11 Å². The van der Waals surface area contributed by atoms with Crippen LogP contribution in [0.4, 0.5) is 0 Å². The van der Waals surface area contributed by atoms with Gasteiger partial charge in [-0.1, -0.05) is 48.6 Å². The number of carbonyl (C=O) groups is 1. The van der Waals surface area contributed by atoms with Crippen molar-refractivity contribution >= 4 is 17.1 Å². The van der Waals surface area contributed by atoms with E-state index in [1.807, 2.05) is 11.6 Å². The summed E-state index contributed by atoms with van der Waals surface area (Å²) in [7, 11) is 0. The molecule has 0 unspecified atom stereocenters. The molecule has 0 bridgehead atoms. The van der Waals surface area contributed by atoms with Crippen molar-refractivity contribution in [3.63, 3.8) is 0 Å². The Balaban J connectivity index is 1.47. The number of hydrogen-bond acceptors (Lipinski definition) is 4. The third-order valence-corrected chi connectivity index (χ3v) is 10.2. The van der Waals surface area contributed by atoms with Gasteiger partial charge in [0.2, 0.25) is 0 Å². The number of aliphatic hydroxyl groups is 1. The average Bonchev–Trinajstić information content (AvgIpc) is 3.49. The second-order valence-corrected chi connectivity index (χ2v) is 13.6. The number of carbonyl (C=O) groups excluding carboxylic acids is 1. The van der Waals surface area contributed by atoms with Gasteiger partial charge in [-0.2, -0.15) is 0 Å². The Labute approximate surface area is 225 Å². The molecule has 1 aromatic carbocycles. The Morgan fingerprint density at radius 1 is 1.11 bits per heavy atom. The van der Waals surface area contributed by atoms with E-state index in [1.165, 1.54) is 16.7 Å². The van der Waals surface area contributed by atoms with Crippen molar-refractivity contribution in [2.24, 2.45) is 22.7 Å². The summed E-state index contributed by atoms with van der Waals surface area (Å²) in [5.41, 5.74) is 8.23. The molecule has 4 aliphatic rings. The Morgan fingerprint density at radius 2 is 1.89 bits per heavy atom. The molecule has 2 aromatic rings. The van der Waals surface area contributed by atoms with Gasteiger partial charge in [-0.25, -0.2) is 4.98 Å². The van der Waals surface area contributed by atoms with Gasteiger partial charge in [0.25, 0.3) is 0 Å². The molecular weight excluding hydrogens is 474 g/mol. The van der Waals surface area contributed by atoms with E-state index in [2.05, 4.69) is 74.2 Å². The number of thiazole rings is 1. The summed E-state index contributed by atoms with van der Waals surface area (Å²) in [6.45, 7) is 8.67. The molecule has 1 N–H and O–H groups in total. The van der Waals surface area contributed by atoms with E-state index in [4.69, 9.17) is 0 Å². The van der Waals surface area contributed by atoms with Crippen LogP contribution in [0.5, 0.6) is 0 Å². The summed E-state index contributed by atoms with van der Waals surface area (Å²) >= 11 is 1.62. The van der Waals surface area contributed by atoms with Crippen molar-refractivity contribution in [2.45, 2.75) is 84.2 Å². The van der Waals surface area contributed by atoms with Crippen LogP contribution in [0.25, 0.3) is 11.3 Å². The molecule has 1 heterocycles. The maximum atomic E-state index is 12.3. The van der Waals surface area contributed by atoms with Crippen molar-refractivity contribution in [3.05, 3.63) is 63.5 Å². The van der Waals surface area contributed by atoms with Gasteiger partial charge in [0.05, 0.1) is 11.2 Å². The number of hydrogen-bond donors (Lipinski definition) is 1. The predicted molar refractivity (Wildman–Crippen MR) is 150 cm³/mol. The highest BCUT2D eigenvalue weighted by Gasteiger charge is 2.62. The minimum Gasteiger partial charge on any atom is -0.377 e. The molecule has 2 fully saturated rings. The van der Waals surface area contributed by atoms with Crippen LogP contribution in [-0.4, -0.2) is 21.5 Å².